The maximum absolute atomic E-state index is 10.7. The number of hydrogen-bond acceptors (Lipinski definition) is 5. The summed E-state index contributed by atoms with van der Waals surface area (Å²) in [5, 5.41) is 11.3. The van der Waals surface area contributed by atoms with Crippen molar-refractivity contribution in [1.29, 1.82) is 0 Å². The third-order valence-electron chi connectivity index (χ3n) is 2.69. The molecule has 2 heterocycles. The summed E-state index contributed by atoms with van der Waals surface area (Å²) in [4.78, 5) is 17.1. The van der Waals surface area contributed by atoms with Crippen molar-refractivity contribution in [2.45, 2.75) is 13.0 Å². The first-order valence-electron chi connectivity index (χ1n) is 5.19. The van der Waals surface area contributed by atoms with E-state index in [4.69, 9.17) is 9.84 Å². The van der Waals surface area contributed by atoms with Crippen LogP contribution in [-0.2, 0) is 4.74 Å². The summed E-state index contributed by atoms with van der Waals surface area (Å²) in [6, 6.07) is 0.169. The molecule has 1 atom stereocenters. The van der Waals surface area contributed by atoms with E-state index in [9.17, 15) is 4.79 Å². The van der Waals surface area contributed by atoms with E-state index in [1.807, 2.05) is 0 Å². The molecule has 0 saturated carbocycles. The largest absolute Gasteiger partial charge is 0.476 e. The number of carboxylic acids is 1. The molecular weight excluding hydrogens is 228 g/mol. The summed E-state index contributed by atoms with van der Waals surface area (Å²) < 4.78 is 5.28. The van der Waals surface area contributed by atoms with Crippen molar-refractivity contribution in [3.63, 3.8) is 0 Å². The Balaban J connectivity index is 2.07. The fraction of sp³-hybridized carbons (Fsp3) is 0.600. The molecule has 1 unspecified atom stereocenters. The van der Waals surface area contributed by atoms with Crippen LogP contribution in [0.2, 0.25) is 0 Å². The number of aromatic nitrogens is 1. The van der Waals surface area contributed by atoms with Gasteiger partial charge in [0.1, 0.15) is 5.01 Å². The second kappa shape index (κ2) is 4.90. The van der Waals surface area contributed by atoms with Crippen LogP contribution in [-0.4, -0.2) is 47.3 Å². The van der Waals surface area contributed by atoms with Gasteiger partial charge in [-0.15, -0.1) is 11.3 Å². The molecule has 5 nitrogen and oxygen atoms in total. The van der Waals surface area contributed by atoms with Crippen LogP contribution in [0.3, 0.4) is 0 Å². The molecule has 16 heavy (non-hydrogen) atoms. The highest BCUT2D eigenvalue weighted by Gasteiger charge is 2.21. The van der Waals surface area contributed by atoms with E-state index in [1.165, 1.54) is 11.3 Å². The minimum Gasteiger partial charge on any atom is -0.476 e. The molecule has 1 aliphatic heterocycles. The summed E-state index contributed by atoms with van der Waals surface area (Å²) in [7, 11) is 0. The Morgan fingerprint density at radius 3 is 2.88 bits per heavy atom. The smallest absolute Gasteiger partial charge is 0.355 e. The molecule has 6 heteroatoms. The molecule has 1 aliphatic rings. The highest BCUT2D eigenvalue weighted by molar-refractivity contribution is 7.09. The lowest BCUT2D eigenvalue weighted by Gasteiger charge is -2.30. The first-order valence-corrected chi connectivity index (χ1v) is 6.07. The lowest BCUT2D eigenvalue weighted by atomic mass is 10.2. The van der Waals surface area contributed by atoms with Gasteiger partial charge in [0.05, 0.1) is 19.3 Å². The lowest BCUT2D eigenvalue weighted by Crippen LogP contribution is -2.38. The van der Waals surface area contributed by atoms with Crippen molar-refractivity contribution >= 4 is 17.3 Å². The predicted octanol–water partition coefficient (Wildman–Crippen LogP) is 1.23. The minimum absolute atomic E-state index is 0.139. The van der Waals surface area contributed by atoms with Crippen LogP contribution >= 0.6 is 11.3 Å². The van der Waals surface area contributed by atoms with Gasteiger partial charge in [0, 0.05) is 18.5 Å². The summed E-state index contributed by atoms with van der Waals surface area (Å²) in [6.45, 7) is 5.28. The molecule has 1 N–H and O–H groups in total. The third kappa shape index (κ3) is 2.40. The second-order valence-corrected chi connectivity index (χ2v) is 4.59. The molecule has 0 aromatic carbocycles. The van der Waals surface area contributed by atoms with E-state index >= 15 is 0 Å². The molecule has 0 aliphatic carbocycles. The standard InChI is InChI=1S/C10H14N2O3S/c1-7(12-2-4-15-5-3-12)9-11-8(6-16-9)10(13)14/h6-7H,2-5H2,1H3,(H,13,14). The highest BCUT2D eigenvalue weighted by Crippen LogP contribution is 2.24. The molecule has 0 bridgehead atoms. The Hall–Kier alpha value is -0.980. The zero-order valence-corrected chi connectivity index (χ0v) is 9.87. The summed E-state index contributed by atoms with van der Waals surface area (Å²) in [5.41, 5.74) is 0.139. The zero-order valence-electron chi connectivity index (χ0n) is 9.05. The number of rotatable bonds is 3. The van der Waals surface area contributed by atoms with Gasteiger partial charge in [-0.3, -0.25) is 4.90 Å². The maximum atomic E-state index is 10.7. The molecule has 1 aromatic rings. The number of ether oxygens (including phenoxy) is 1. The Morgan fingerprint density at radius 2 is 2.31 bits per heavy atom. The predicted molar refractivity (Wildman–Crippen MR) is 59.9 cm³/mol. The van der Waals surface area contributed by atoms with E-state index in [0.717, 1.165) is 31.3 Å². The van der Waals surface area contributed by atoms with Crippen LogP contribution in [0.15, 0.2) is 5.38 Å². The summed E-state index contributed by atoms with van der Waals surface area (Å²) in [6.07, 6.45) is 0. The first-order chi connectivity index (χ1) is 7.68. The van der Waals surface area contributed by atoms with Crippen LogP contribution in [0.25, 0.3) is 0 Å². The molecule has 0 radical (unpaired) electrons. The Morgan fingerprint density at radius 1 is 1.62 bits per heavy atom. The van der Waals surface area contributed by atoms with Crippen molar-refractivity contribution in [3.05, 3.63) is 16.1 Å². The summed E-state index contributed by atoms with van der Waals surface area (Å²) in [5.74, 6) is -0.961. The van der Waals surface area contributed by atoms with Crippen LogP contribution in [0.4, 0.5) is 0 Å². The van der Waals surface area contributed by atoms with Crippen LogP contribution in [0.1, 0.15) is 28.5 Å². The van der Waals surface area contributed by atoms with Gasteiger partial charge in [-0.25, -0.2) is 9.78 Å². The van der Waals surface area contributed by atoms with Gasteiger partial charge in [0.2, 0.25) is 0 Å². The van der Waals surface area contributed by atoms with Gasteiger partial charge in [-0.05, 0) is 6.92 Å². The second-order valence-electron chi connectivity index (χ2n) is 3.70. The van der Waals surface area contributed by atoms with Crippen molar-refractivity contribution < 1.29 is 14.6 Å². The van der Waals surface area contributed by atoms with Crippen molar-refractivity contribution in [2.24, 2.45) is 0 Å². The summed E-state index contributed by atoms with van der Waals surface area (Å²) >= 11 is 1.41. The maximum Gasteiger partial charge on any atom is 0.355 e. The number of nitrogens with zero attached hydrogens (tertiary/aromatic N) is 2. The Kier molecular flexibility index (Phi) is 3.52. The van der Waals surface area contributed by atoms with Gasteiger partial charge >= 0.3 is 5.97 Å². The Labute approximate surface area is 97.7 Å². The molecule has 1 aromatic heterocycles. The quantitative estimate of drug-likeness (QED) is 0.864. The monoisotopic (exact) mass is 242 g/mol. The number of carbonyl (C=O) groups is 1. The fourth-order valence-electron chi connectivity index (χ4n) is 1.70. The van der Waals surface area contributed by atoms with E-state index in [1.54, 1.807) is 5.38 Å². The van der Waals surface area contributed by atoms with E-state index in [2.05, 4.69) is 16.8 Å². The molecule has 1 saturated heterocycles. The van der Waals surface area contributed by atoms with Crippen LogP contribution in [0, 0.1) is 0 Å². The van der Waals surface area contributed by atoms with Gasteiger partial charge in [-0.2, -0.15) is 0 Å². The normalized spacial score (nSPS) is 19.6. The molecule has 88 valence electrons. The minimum atomic E-state index is -0.961. The number of morpholine rings is 1. The first kappa shape index (κ1) is 11.5. The van der Waals surface area contributed by atoms with Crippen molar-refractivity contribution in [3.8, 4) is 0 Å². The Bertz CT molecular complexity index is 374. The molecule has 1 fully saturated rings. The van der Waals surface area contributed by atoms with E-state index in [-0.39, 0.29) is 11.7 Å². The van der Waals surface area contributed by atoms with Crippen LogP contribution < -0.4 is 0 Å². The van der Waals surface area contributed by atoms with Gasteiger partial charge in [0.25, 0.3) is 0 Å². The number of thiazole rings is 1. The van der Waals surface area contributed by atoms with Crippen molar-refractivity contribution in [1.82, 2.24) is 9.88 Å². The highest BCUT2D eigenvalue weighted by atomic mass is 32.1. The lowest BCUT2D eigenvalue weighted by molar-refractivity contribution is 0.0197. The topological polar surface area (TPSA) is 62.7 Å². The average Bonchev–Trinajstić information content (AvgIpc) is 2.78. The third-order valence-corrected chi connectivity index (χ3v) is 3.71. The van der Waals surface area contributed by atoms with E-state index in [0.29, 0.717) is 0 Å². The molecule has 0 amide bonds. The average molecular weight is 242 g/mol. The van der Waals surface area contributed by atoms with Gasteiger partial charge in [-0.1, -0.05) is 0 Å². The van der Waals surface area contributed by atoms with E-state index < -0.39 is 5.97 Å². The number of hydrogen-bond donors (Lipinski definition) is 1. The molecular formula is C10H14N2O3S. The van der Waals surface area contributed by atoms with Gasteiger partial charge < -0.3 is 9.84 Å². The molecule has 0 spiro atoms. The zero-order chi connectivity index (χ0) is 11.5. The number of aromatic carboxylic acids is 1. The van der Waals surface area contributed by atoms with Crippen molar-refractivity contribution in [2.75, 3.05) is 26.3 Å². The molecule has 2 rings (SSSR count). The van der Waals surface area contributed by atoms with Gasteiger partial charge in [0.15, 0.2) is 5.69 Å². The number of carboxylic acid groups (broad SMARTS) is 1. The SMILES string of the molecule is CC(c1nc(C(=O)O)cs1)N1CCOCC1. The fourth-order valence-corrected chi connectivity index (χ4v) is 2.58. The van der Waals surface area contributed by atoms with Crippen LogP contribution in [0.5, 0.6) is 0 Å².